The topological polar surface area (TPSA) is 24.5 Å². The molecule has 1 aromatic rings. The maximum Gasteiger partial charge on any atom is 0.119 e. The van der Waals surface area contributed by atoms with Crippen LogP contribution >= 0.6 is 0 Å². The predicted molar refractivity (Wildman–Crippen MR) is 84.3 cm³/mol. The Morgan fingerprint density at radius 1 is 1.20 bits per heavy atom. The first-order chi connectivity index (χ1) is 9.88. The van der Waals surface area contributed by atoms with Crippen molar-refractivity contribution in [3.05, 3.63) is 30.3 Å². The van der Waals surface area contributed by atoms with Crippen molar-refractivity contribution in [1.29, 1.82) is 0 Å². The minimum absolute atomic E-state index is 0.742. The smallest absolute Gasteiger partial charge is 0.119 e. The Hall–Kier alpha value is -1.06. The van der Waals surface area contributed by atoms with Crippen LogP contribution in [0.1, 0.15) is 32.6 Å². The first kappa shape index (κ1) is 15.3. The largest absolute Gasteiger partial charge is 0.494 e. The van der Waals surface area contributed by atoms with E-state index >= 15 is 0 Å². The number of hydrogen-bond acceptors (Lipinski definition) is 3. The molecule has 1 fully saturated rings. The molecule has 0 atom stereocenters. The molecule has 20 heavy (non-hydrogen) atoms. The van der Waals surface area contributed by atoms with Crippen LogP contribution in [0.15, 0.2) is 30.3 Å². The standard InChI is InChI=1S/C17H28N2O/c1-2-11-18-16-9-13-19(14-10-16)12-6-15-20-17-7-4-3-5-8-17/h3-5,7-8,16,18H,2,6,9-15H2,1H3. The molecule has 1 N–H and O–H groups in total. The fourth-order valence-corrected chi connectivity index (χ4v) is 2.70. The van der Waals surface area contributed by atoms with Gasteiger partial charge in [0.2, 0.25) is 0 Å². The van der Waals surface area contributed by atoms with Crippen molar-refractivity contribution in [3.8, 4) is 5.75 Å². The van der Waals surface area contributed by atoms with Crippen molar-refractivity contribution in [1.82, 2.24) is 10.2 Å². The third kappa shape index (κ3) is 5.51. The Kier molecular flexibility index (Phi) is 6.89. The predicted octanol–water partition coefficient (Wildman–Crippen LogP) is 2.92. The zero-order chi connectivity index (χ0) is 14.0. The quantitative estimate of drug-likeness (QED) is 0.739. The van der Waals surface area contributed by atoms with Gasteiger partial charge < -0.3 is 15.0 Å². The van der Waals surface area contributed by atoms with Gasteiger partial charge in [0.15, 0.2) is 0 Å². The fraction of sp³-hybridized carbons (Fsp3) is 0.647. The minimum Gasteiger partial charge on any atom is -0.494 e. The lowest BCUT2D eigenvalue weighted by molar-refractivity contribution is 0.182. The van der Waals surface area contributed by atoms with Gasteiger partial charge in [-0.3, -0.25) is 0 Å². The summed E-state index contributed by atoms with van der Waals surface area (Å²) in [6.07, 6.45) is 4.93. The normalized spacial score (nSPS) is 17.2. The number of piperidine rings is 1. The van der Waals surface area contributed by atoms with E-state index in [1.54, 1.807) is 0 Å². The molecule has 112 valence electrons. The van der Waals surface area contributed by atoms with E-state index in [1.807, 2.05) is 30.3 Å². The highest BCUT2D eigenvalue weighted by Crippen LogP contribution is 2.12. The third-order valence-electron chi connectivity index (χ3n) is 3.90. The number of nitrogens with zero attached hydrogens (tertiary/aromatic N) is 1. The molecule has 3 nitrogen and oxygen atoms in total. The molecule has 0 saturated carbocycles. The molecule has 0 aliphatic carbocycles. The second-order valence-electron chi connectivity index (χ2n) is 5.59. The zero-order valence-electron chi connectivity index (χ0n) is 12.7. The first-order valence-electron chi connectivity index (χ1n) is 8.02. The SMILES string of the molecule is CCCNC1CCN(CCCOc2ccccc2)CC1. The molecule has 1 heterocycles. The lowest BCUT2D eigenvalue weighted by atomic mass is 10.0. The average Bonchev–Trinajstić information content (AvgIpc) is 2.52. The van der Waals surface area contributed by atoms with Gasteiger partial charge in [-0.2, -0.15) is 0 Å². The molecule has 0 radical (unpaired) electrons. The second-order valence-corrected chi connectivity index (χ2v) is 5.59. The number of ether oxygens (including phenoxy) is 1. The van der Waals surface area contributed by atoms with Gasteiger partial charge in [-0.1, -0.05) is 25.1 Å². The van der Waals surface area contributed by atoms with Crippen LogP contribution in [-0.4, -0.2) is 43.7 Å². The average molecular weight is 276 g/mol. The number of nitrogens with one attached hydrogen (secondary N) is 1. The van der Waals surface area contributed by atoms with Gasteiger partial charge >= 0.3 is 0 Å². The summed E-state index contributed by atoms with van der Waals surface area (Å²) in [6.45, 7) is 7.83. The van der Waals surface area contributed by atoms with Crippen LogP contribution in [0.5, 0.6) is 5.75 Å². The highest BCUT2D eigenvalue weighted by molar-refractivity contribution is 5.20. The summed E-state index contributed by atoms with van der Waals surface area (Å²) in [5.41, 5.74) is 0. The molecule has 0 aromatic heterocycles. The number of likely N-dealkylation sites (tertiary alicyclic amines) is 1. The first-order valence-corrected chi connectivity index (χ1v) is 8.02. The van der Waals surface area contributed by atoms with Crippen molar-refractivity contribution in [2.45, 2.75) is 38.6 Å². The highest BCUT2D eigenvalue weighted by atomic mass is 16.5. The molecule has 0 bridgehead atoms. The molecule has 1 aliphatic heterocycles. The van der Waals surface area contributed by atoms with E-state index in [0.717, 1.165) is 37.9 Å². The van der Waals surface area contributed by atoms with Gasteiger partial charge in [-0.05, 0) is 57.5 Å². The van der Waals surface area contributed by atoms with E-state index < -0.39 is 0 Å². The number of benzene rings is 1. The summed E-state index contributed by atoms with van der Waals surface area (Å²) >= 11 is 0. The Balaban J connectivity index is 1.53. The zero-order valence-corrected chi connectivity index (χ0v) is 12.7. The van der Waals surface area contributed by atoms with Crippen LogP contribution in [0, 0.1) is 0 Å². The molecule has 1 aliphatic rings. The summed E-state index contributed by atoms with van der Waals surface area (Å²) in [4.78, 5) is 2.57. The lowest BCUT2D eigenvalue weighted by Crippen LogP contribution is -2.43. The number of rotatable bonds is 8. The van der Waals surface area contributed by atoms with Crippen LogP contribution in [0.25, 0.3) is 0 Å². The monoisotopic (exact) mass is 276 g/mol. The maximum absolute atomic E-state index is 5.73. The second kappa shape index (κ2) is 8.98. The van der Waals surface area contributed by atoms with Gasteiger partial charge in [0, 0.05) is 12.6 Å². The van der Waals surface area contributed by atoms with Gasteiger partial charge in [-0.15, -0.1) is 0 Å². The van der Waals surface area contributed by atoms with Crippen molar-refractivity contribution < 1.29 is 4.74 Å². The Labute approximate surface area is 123 Å². The van der Waals surface area contributed by atoms with Crippen molar-refractivity contribution in [3.63, 3.8) is 0 Å². The molecule has 0 unspecified atom stereocenters. The molecule has 1 saturated heterocycles. The van der Waals surface area contributed by atoms with Crippen molar-refractivity contribution in [2.75, 3.05) is 32.8 Å². The van der Waals surface area contributed by atoms with Crippen molar-refractivity contribution >= 4 is 0 Å². The van der Waals surface area contributed by atoms with Crippen LogP contribution in [0.2, 0.25) is 0 Å². The molecule has 0 spiro atoms. The van der Waals surface area contributed by atoms with Gasteiger partial charge in [-0.25, -0.2) is 0 Å². The number of para-hydroxylation sites is 1. The van der Waals surface area contributed by atoms with E-state index in [4.69, 9.17) is 4.74 Å². The molecular formula is C17H28N2O. The van der Waals surface area contributed by atoms with Gasteiger partial charge in [0.05, 0.1) is 6.61 Å². The molecule has 2 rings (SSSR count). The Morgan fingerprint density at radius 3 is 2.65 bits per heavy atom. The van der Waals surface area contributed by atoms with E-state index in [1.165, 1.54) is 32.4 Å². The van der Waals surface area contributed by atoms with E-state index in [2.05, 4.69) is 17.1 Å². The summed E-state index contributed by atoms with van der Waals surface area (Å²) in [7, 11) is 0. The summed E-state index contributed by atoms with van der Waals surface area (Å²) in [6, 6.07) is 10.8. The van der Waals surface area contributed by atoms with Gasteiger partial charge in [0.1, 0.15) is 5.75 Å². The van der Waals surface area contributed by atoms with Crippen LogP contribution in [0.3, 0.4) is 0 Å². The number of hydrogen-bond donors (Lipinski definition) is 1. The van der Waals surface area contributed by atoms with Crippen molar-refractivity contribution in [2.24, 2.45) is 0 Å². The molecular weight excluding hydrogens is 248 g/mol. The van der Waals surface area contributed by atoms with Crippen LogP contribution in [0.4, 0.5) is 0 Å². The van der Waals surface area contributed by atoms with Gasteiger partial charge in [0.25, 0.3) is 0 Å². The third-order valence-corrected chi connectivity index (χ3v) is 3.90. The Morgan fingerprint density at radius 2 is 1.95 bits per heavy atom. The highest BCUT2D eigenvalue weighted by Gasteiger charge is 2.17. The summed E-state index contributed by atoms with van der Waals surface area (Å²) < 4.78 is 5.73. The van der Waals surface area contributed by atoms with E-state index in [9.17, 15) is 0 Å². The molecule has 1 aromatic carbocycles. The van der Waals surface area contributed by atoms with E-state index in [0.29, 0.717) is 0 Å². The summed E-state index contributed by atoms with van der Waals surface area (Å²) in [5.74, 6) is 0.981. The Bertz CT molecular complexity index is 347. The molecule has 3 heteroatoms. The van der Waals surface area contributed by atoms with E-state index in [-0.39, 0.29) is 0 Å². The van der Waals surface area contributed by atoms with Crippen LogP contribution < -0.4 is 10.1 Å². The fourth-order valence-electron chi connectivity index (χ4n) is 2.70. The van der Waals surface area contributed by atoms with Crippen LogP contribution in [-0.2, 0) is 0 Å². The maximum atomic E-state index is 5.73. The lowest BCUT2D eigenvalue weighted by Gasteiger charge is -2.32. The minimum atomic E-state index is 0.742. The molecule has 0 amide bonds. The summed E-state index contributed by atoms with van der Waals surface area (Å²) in [5, 5.41) is 3.63.